The highest BCUT2D eigenvalue weighted by Crippen LogP contribution is 2.30. The molecule has 1 aliphatic heterocycles. The van der Waals surface area contributed by atoms with Gasteiger partial charge in [-0.3, -0.25) is 4.79 Å². The third kappa shape index (κ3) is 3.09. The molecule has 1 fully saturated rings. The lowest BCUT2D eigenvalue weighted by Crippen LogP contribution is -2.46. The Labute approximate surface area is 95.4 Å². The zero-order chi connectivity index (χ0) is 13.2. The van der Waals surface area contributed by atoms with E-state index in [1.165, 1.54) is 0 Å². The number of likely N-dealkylation sites (tertiary alicyclic amines) is 1. The third-order valence-electron chi connectivity index (χ3n) is 2.75. The molecule has 5 nitrogen and oxygen atoms in total. The Hall–Kier alpha value is -1.31. The Kier molecular flexibility index (Phi) is 3.97. The van der Waals surface area contributed by atoms with Crippen LogP contribution < -0.4 is 5.73 Å². The monoisotopic (exact) mass is 254 g/mol. The van der Waals surface area contributed by atoms with Crippen LogP contribution in [0, 0.1) is 5.92 Å². The van der Waals surface area contributed by atoms with E-state index in [0.29, 0.717) is 11.3 Å². The first-order valence-electron chi connectivity index (χ1n) is 5.08. The largest absolute Gasteiger partial charge is 0.480 e. The van der Waals surface area contributed by atoms with Crippen LogP contribution in [0.1, 0.15) is 12.8 Å². The molecule has 8 heteroatoms. The first-order valence-corrected chi connectivity index (χ1v) is 5.08. The molecule has 0 aromatic rings. The fourth-order valence-electron chi connectivity index (χ4n) is 1.99. The maximum atomic E-state index is 12.2. The van der Waals surface area contributed by atoms with E-state index >= 15 is 0 Å². The van der Waals surface area contributed by atoms with E-state index in [1.807, 2.05) is 0 Å². The predicted octanol–water partition coefficient (Wildman–Crippen LogP) is 0.199. The minimum atomic E-state index is -5.04. The van der Waals surface area contributed by atoms with Crippen molar-refractivity contribution < 1.29 is 27.9 Å². The summed E-state index contributed by atoms with van der Waals surface area (Å²) in [4.78, 5) is 22.2. The Balaban J connectivity index is 2.82. The summed E-state index contributed by atoms with van der Waals surface area (Å²) in [5, 5.41) is 8.79. The maximum Gasteiger partial charge on any atom is 0.471 e. The second-order valence-electron chi connectivity index (χ2n) is 3.99. The molecule has 0 saturated carbocycles. The summed E-state index contributed by atoms with van der Waals surface area (Å²) in [7, 11) is 0. The number of aliphatic carboxylic acids is 1. The first-order chi connectivity index (χ1) is 7.77. The molecule has 0 aromatic carbocycles. The van der Waals surface area contributed by atoms with Crippen LogP contribution >= 0.6 is 0 Å². The lowest BCUT2D eigenvalue weighted by atomic mass is 10.0. The van der Waals surface area contributed by atoms with Crippen molar-refractivity contribution in [1.82, 2.24) is 4.90 Å². The number of rotatable bonds is 3. The smallest absolute Gasteiger partial charge is 0.471 e. The van der Waals surface area contributed by atoms with Crippen LogP contribution in [0.15, 0.2) is 0 Å². The van der Waals surface area contributed by atoms with Crippen LogP contribution in [0.2, 0.25) is 0 Å². The number of hydrogen-bond acceptors (Lipinski definition) is 3. The molecule has 0 aromatic heterocycles. The molecule has 0 spiro atoms. The predicted molar refractivity (Wildman–Crippen MR) is 51.0 cm³/mol. The number of nitrogens with two attached hydrogens (primary N) is 1. The molecule has 3 N–H and O–H groups in total. The van der Waals surface area contributed by atoms with Crippen LogP contribution in [0.5, 0.6) is 0 Å². The van der Waals surface area contributed by atoms with E-state index in [2.05, 4.69) is 0 Å². The second-order valence-corrected chi connectivity index (χ2v) is 3.99. The van der Waals surface area contributed by atoms with Crippen LogP contribution in [-0.4, -0.2) is 47.2 Å². The van der Waals surface area contributed by atoms with Gasteiger partial charge in [0.05, 0.1) is 0 Å². The summed E-state index contributed by atoms with van der Waals surface area (Å²) in [6, 6.07) is -1.40. The summed E-state index contributed by atoms with van der Waals surface area (Å²) in [5.41, 5.74) is 5.26. The Morgan fingerprint density at radius 3 is 2.41 bits per heavy atom. The number of hydrogen-bond donors (Lipinski definition) is 2. The Bertz CT molecular complexity index is 319. The van der Waals surface area contributed by atoms with Crippen molar-refractivity contribution in [2.45, 2.75) is 25.1 Å². The fraction of sp³-hybridized carbons (Fsp3) is 0.778. The second kappa shape index (κ2) is 4.91. The van der Waals surface area contributed by atoms with Crippen LogP contribution in [-0.2, 0) is 9.59 Å². The van der Waals surface area contributed by atoms with Crippen molar-refractivity contribution >= 4 is 11.9 Å². The lowest BCUT2D eigenvalue weighted by Gasteiger charge is -2.22. The van der Waals surface area contributed by atoms with Gasteiger partial charge in [-0.2, -0.15) is 13.2 Å². The van der Waals surface area contributed by atoms with Crippen molar-refractivity contribution in [2.24, 2.45) is 11.7 Å². The molecule has 1 heterocycles. The SMILES string of the molecule is NCCC1CC(C(=O)O)N(C(=O)C(F)(F)F)C1. The average Bonchev–Trinajstić information content (AvgIpc) is 2.59. The van der Waals surface area contributed by atoms with E-state index in [4.69, 9.17) is 10.8 Å². The number of carbonyl (C=O) groups excluding carboxylic acids is 1. The number of carboxylic acids is 1. The number of nitrogens with zero attached hydrogens (tertiary/aromatic N) is 1. The van der Waals surface area contributed by atoms with Gasteiger partial charge < -0.3 is 15.7 Å². The van der Waals surface area contributed by atoms with Gasteiger partial charge in [-0.05, 0) is 25.3 Å². The highest BCUT2D eigenvalue weighted by molar-refractivity contribution is 5.87. The first kappa shape index (κ1) is 13.8. The van der Waals surface area contributed by atoms with Gasteiger partial charge in [-0.1, -0.05) is 0 Å². The van der Waals surface area contributed by atoms with Gasteiger partial charge >= 0.3 is 18.1 Å². The van der Waals surface area contributed by atoms with Gasteiger partial charge in [0, 0.05) is 6.54 Å². The molecule has 98 valence electrons. The van der Waals surface area contributed by atoms with E-state index in [-0.39, 0.29) is 25.4 Å². The van der Waals surface area contributed by atoms with Crippen molar-refractivity contribution in [2.75, 3.05) is 13.1 Å². The number of carbonyl (C=O) groups is 2. The molecule has 1 saturated heterocycles. The van der Waals surface area contributed by atoms with Gasteiger partial charge in [-0.15, -0.1) is 0 Å². The number of amides is 1. The highest BCUT2D eigenvalue weighted by atomic mass is 19.4. The third-order valence-corrected chi connectivity index (χ3v) is 2.75. The fourth-order valence-corrected chi connectivity index (χ4v) is 1.99. The molecule has 2 atom stereocenters. The van der Waals surface area contributed by atoms with Crippen molar-refractivity contribution in [3.63, 3.8) is 0 Å². The quantitative estimate of drug-likeness (QED) is 0.753. The van der Waals surface area contributed by atoms with E-state index in [0.717, 1.165) is 0 Å². The number of halogens is 3. The minimum Gasteiger partial charge on any atom is -0.480 e. The topological polar surface area (TPSA) is 83.6 Å². The van der Waals surface area contributed by atoms with Crippen molar-refractivity contribution in [3.8, 4) is 0 Å². The van der Waals surface area contributed by atoms with Crippen LogP contribution in [0.4, 0.5) is 13.2 Å². The summed E-state index contributed by atoms with van der Waals surface area (Å²) in [6.07, 6.45) is -4.61. The molecule has 17 heavy (non-hydrogen) atoms. The highest BCUT2D eigenvalue weighted by Gasteiger charge is 2.49. The molecule has 1 aliphatic rings. The van der Waals surface area contributed by atoms with Gasteiger partial charge in [-0.25, -0.2) is 4.79 Å². The number of carboxylic acid groups (broad SMARTS) is 1. The molecule has 0 bridgehead atoms. The van der Waals surface area contributed by atoms with E-state index in [9.17, 15) is 22.8 Å². The number of alkyl halides is 3. The molecule has 1 rings (SSSR count). The standard InChI is InChI=1S/C9H13F3N2O3/c10-9(11,12)8(17)14-4-5(1-2-13)3-6(14)7(15)16/h5-6H,1-4,13H2,(H,15,16). The zero-order valence-corrected chi connectivity index (χ0v) is 8.91. The van der Waals surface area contributed by atoms with E-state index < -0.39 is 24.1 Å². The molecular weight excluding hydrogens is 241 g/mol. The van der Waals surface area contributed by atoms with Gasteiger partial charge in [0.15, 0.2) is 0 Å². The van der Waals surface area contributed by atoms with Gasteiger partial charge in [0.2, 0.25) is 0 Å². The van der Waals surface area contributed by atoms with Crippen LogP contribution in [0.25, 0.3) is 0 Å². The molecule has 1 amide bonds. The summed E-state index contributed by atoms with van der Waals surface area (Å²) in [6.45, 7) is 0.0531. The van der Waals surface area contributed by atoms with Gasteiger partial charge in [0.1, 0.15) is 6.04 Å². The summed E-state index contributed by atoms with van der Waals surface area (Å²) >= 11 is 0. The average molecular weight is 254 g/mol. The van der Waals surface area contributed by atoms with Crippen molar-refractivity contribution in [3.05, 3.63) is 0 Å². The lowest BCUT2D eigenvalue weighted by molar-refractivity contribution is -0.188. The van der Waals surface area contributed by atoms with Gasteiger partial charge in [0.25, 0.3) is 0 Å². The minimum absolute atomic E-state index is 0.0222. The summed E-state index contributed by atoms with van der Waals surface area (Å²) < 4.78 is 36.7. The van der Waals surface area contributed by atoms with E-state index in [1.54, 1.807) is 0 Å². The summed E-state index contributed by atoms with van der Waals surface area (Å²) in [5.74, 6) is -3.79. The molecule has 0 radical (unpaired) electrons. The Morgan fingerprint density at radius 1 is 1.41 bits per heavy atom. The maximum absolute atomic E-state index is 12.2. The van der Waals surface area contributed by atoms with Crippen LogP contribution in [0.3, 0.4) is 0 Å². The molecule has 0 aliphatic carbocycles. The van der Waals surface area contributed by atoms with Crippen molar-refractivity contribution in [1.29, 1.82) is 0 Å². The Morgan fingerprint density at radius 2 is 2.00 bits per heavy atom. The normalized spacial score (nSPS) is 25.1. The molecule has 2 unspecified atom stereocenters. The zero-order valence-electron chi connectivity index (χ0n) is 8.91. The molecular formula is C9H13F3N2O3.